The maximum absolute atomic E-state index is 13.0. The molecule has 4 fully saturated rings. The van der Waals surface area contributed by atoms with Gasteiger partial charge in [0.15, 0.2) is 0 Å². The van der Waals surface area contributed by atoms with E-state index in [1.54, 1.807) is 0 Å². The zero-order valence-corrected chi connectivity index (χ0v) is 12.9. The summed E-state index contributed by atoms with van der Waals surface area (Å²) in [6.07, 6.45) is 7.77. The molecule has 0 heterocycles. The molecule has 0 spiro atoms. The van der Waals surface area contributed by atoms with Crippen molar-refractivity contribution in [2.24, 2.45) is 17.8 Å². The van der Waals surface area contributed by atoms with Gasteiger partial charge in [-0.15, -0.1) is 0 Å². The summed E-state index contributed by atoms with van der Waals surface area (Å²) in [5.41, 5.74) is 2.23. The van der Waals surface area contributed by atoms with Gasteiger partial charge in [0.25, 0.3) is 0 Å². The molecule has 1 aromatic carbocycles. The van der Waals surface area contributed by atoms with Crippen molar-refractivity contribution in [3.63, 3.8) is 0 Å². The number of hydrogen-bond acceptors (Lipinski definition) is 1. The largest absolute Gasteiger partial charge is 0.304 e. The van der Waals surface area contributed by atoms with E-state index in [1.807, 2.05) is 18.2 Å². The van der Waals surface area contributed by atoms with Crippen LogP contribution in [-0.2, 0) is 11.0 Å². The molecular weight excluding hydrogens is 266 g/mol. The van der Waals surface area contributed by atoms with Crippen LogP contribution in [0.1, 0.15) is 44.1 Å². The van der Waals surface area contributed by atoms with Gasteiger partial charge in [0.05, 0.1) is 4.75 Å². The van der Waals surface area contributed by atoms with Crippen LogP contribution >= 0.6 is 0 Å². The van der Waals surface area contributed by atoms with Gasteiger partial charge in [0, 0.05) is 5.69 Å². The Bertz CT molecular complexity index is 518. The van der Waals surface area contributed by atoms with E-state index in [2.05, 4.69) is 17.7 Å². The van der Waals surface area contributed by atoms with Gasteiger partial charge in [0.1, 0.15) is 11.0 Å². The summed E-state index contributed by atoms with van der Waals surface area (Å²) in [7, 11) is -0.936. The molecule has 3 heteroatoms. The zero-order chi connectivity index (χ0) is 13.7. The summed E-state index contributed by atoms with van der Waals surface area (Å²) in [6.45, 7) is 2.08. The normalized spacial score (nSPS) is 39.8. The lowest BCUT2D eigenvalue weighted by atomic mass is 9.56. The Balaban J connectivity index is 1.58. The lowest BCUT2D eigenvalue weighted by Crippen LogP contribution is -2.54. The first-order chi connectivity index (χ1) is 9.64. The summed E-state index contributed by atoms with van der Waals surface area (Å²) in [4.78, 5) is 0. The van der Waals surface area contributed by atoms with Crippen LogP contribution in [0.4, 0.5) is 5.69 Å². The second kappa shape index (κ2) is 4.59. The third-order valence-electron chi connectivity index (χ3n) is 5.72. The van der Waals surface area contributed by atoms with Gasteiger partial charge in [0.2, 0.25) is 0 Å². The molecule has 0 aliphatic heterocycles. The van der Waals surface area contributed by atoms with Crippen LogP contribution in [-0.4, -0.2) is 8.96 Å². The Morgan fingerprint density at radius 2 is 1.60 bits per heavy atom. The molecule has 0 saturated heterocycles. The molecule has 0 radical (unpaired) electrons. The van der Waals surface area contributed by atoms with Crippen LogP contribution in [0.2, 0.25) is 0 Å². The first-order valence-electron chi connectivity index (χ1n) is 7.89. The average molecular weight is 289 g/mol. The topological polar surface area (TPSA) is 29.1 Å². The first-order valence-corrected chi connectivity index (χ1v) is 9.04. The van der Waals surface area contributed by atoms with Crippen molar-refractivity contribution in [1.82, 2.24) is 0 Å². The average Bonchev–Trinajstić information content (AvgIpc) is 2.40. The highest BCUT2D eigenvalue weighted by atomic mass is 32.2. The molecule has 1 atom stereocenters. The van der Waals surface area contributed by atoms with E-state index in [1.165, 1.54) is 44.1 Å². The van der Waals surface area contributed by atoms with Crippen molar-refractivity contribution < 1.29 is 4.21 Å². The number of para-hydroxylation sites is 1. The van der Waals surface area contributed by atoms with Crippen molar-refractivity contribution in [3.05, 3.63) is 29.8 Å². The SMILES string of the molecule is Cc1ccccc1N[S@](=O)C12CC3CC(CC(C3)C1)C2. The Hall–Kier alpha value is -0.830. The molecule has 2 nitrogen and oxygen atoms in total. The molecule has 4 saturated carbocycles. The Morgan fingerprint density at radius 1 is 1.05 bits per heavy atom. The van der Waals surface area contributed by atoms with Crippen molar-refractivity contribution in [3.8, 4) is 0 Å². The number of hydrogen-bond donors (Lipinski definition) is 1. The molecule has 4 bridgehead atoms. The second-order valence-electron chi connectivity index (χ2n) is 7.29. The Labute approximate surface area is 123 Å². The van der Waals surface area contributed by atoms with Crippen LogP contribution in [0.5, 0.6) is 0 Å². The number of benzene rings is 1. The van der Waals surface area contributed by atoms with Gasteiger partial charge in [-0.1, -0.05) is 18.2 Å². The molecule has 0 aromatic heterocycles. The Kier molecular flexibility index (Phi) is 2.95. The van der Waals surface area contributed by atoms with Gasteiger partial charge >= 0.3 is 0 Å². The fraction of sp³-hybridized carbons (Fsp3) is 0.647. The highest BCUT2D eigenvalue weighted by molar-refractivity contribution is 7.87. The molecule has 4 aliphatic rings. The van der Waals surface area contributed by atoms with E-state index < -0.39 is 11.0 Å². The number of anilines is 1. The molecule has 108 valence electrons. The van der Waals surface area contributed by atoms with Gasteiger partial charge in [-0.05, 0) is 74.8 Å². The molecule has 4 aliphatic carbocycles. The Morgan fingerprint density at radius 3 is 2.15 bits per heavy atom. The van der Waals surface area contributed by atoms with E-state index in [4.69, 9.17) is 0 Å². The third-order valence-corrected chi connectivity index (χ3v) is 7.41. The van der Waals surface area contributed by atoms with Crippen LogP contribution in [0.3, 0.4) is 0 Å². The van der Waals surface area contributed by atoms with E-state index in [-0.39, 0.29) is 4.75 Å². The summed E-state index contributed by atoms with van der Waals surface area (Å²) < 4.78 is 16.4. The van der Waals surface area contributed by atoms with Gasteiger partial charge in [-0.3, -0.25) is 0 Å². The lowest BCUT2D eigenvalue weighted by Gasteiger charge is -2.55. The molecule has 0 amide bonds. The van der Waals surface area contributed by atoms with Crippen LogP contribution in [0.15, 0.2) is 24.3 Å². The van der Waals surface area contributed by atoms with Crippen LogP contribution < -0.4 is 4.72 Å². The summed E-state index contributed by atoms with van der Waals surface area (Å²) >= 11 is 0. The molecule has 1 N–H and O–H groups in total. The third kappa shape index (κ3) is 2.02. The van der Waals surface area contributed by atoms with Crippen LogP contribution in [0, 0.1) is 24.7 Å². The number of rotatable bonds is 3. The van der Waals surface area contributed by atoms with Gasteiger partial charge in [-0.2, -0.15) is 0 Å². The van der Waals surface area contributed by atoms with Crippen molar-refractivity contribution in [2.45, 2.75) is 50.2 Å². The molecule has 20 heavy (non-hydrogen) atoms. The molecule has 1 aromatic rings. The zero-order valence-electron chi connectivity index (χ0n) is 12.1. The fourth-order valence-electron chi connectivity index (χ4n) is 5.15. The minimum atomic E-state index is -0.936. The molecule has 5 rings (SSSR count). The monoisotopic (exact) mass is 289 g/mol. The fourth-order valence-corrected chi connectivity index (χ4v) is 6.96. The van der Waals surface area contributed by atoms with Gasteiger partial charge in [-0.25, -0.2) is 4.21 Å². The van der Waals surface area contributed by atoms with E-state index in [0.29, 0.717) is 0 Å². The predicted octanol–water partition coefficient (Wildman–Crippen LogP) is 4.04. The minimum absolute atomic E-state index is 0.0665. The maximum atomic E-state index is 13.0. The first kappa shape index (κ1) is 12.9. The van der Waals surface area contributed by atoms with Crippen molar-refractivity contribution in [2.75, 3.05) is 4.72 Å². The van der Waals surface area contributed by atoms with Crippen LogP contribution in [0.25, 0.3) is 0 Å². The maximum Gasteiger partial charge on any atom is 0.123 e. The quantitative estimate of drug-likeness (QED) is 0.894. The molecular formula is C17H23NOS. The van der Waals surface area contributed by atoms with E-state index in [9.17, 15) is 4.21 Å². The second-order valence-corrected chi connectivity index (χ2v) is 8.89. The standard InChI is InChI=1S/C17H23NOS/c1-12-4-2-3-5-16(12)18-20(19)17-9-13-6-14(10-17)8-15(7-13)11-17/h2-5,13-15,18H,6-11H2,1H3/t13?,14?,15?,17?,20-/m1/s1. The number of aryl methyl sites for hydroxylation is 1. The van der Waals surface area contributed by atoms with E-state index >= 15 is 0 Å². The highest BCUT2D eigenvalue weighted by Crippen LogP contribution is 2.57. The smallest absolute Gasteiger partial charge is 0.123 e. The summed E-state index contributed by atoms with van der Waals surface area (Å²) in [6, 6.07) is 8.19. The molecule has 0 unspecified atom stereocenters. The predicted molar refractivity (Wildman–Crippen MR) is 83.8 cm³/mol. The van der Waals surface area contributed by atoms with Crippen molar-refractivity contribution >= 4 is 16.7 Å². The minimum Gasteiger partial charge on any atom is -0.304 e. The van der Waals surface area contributed by atoms with Crippen molar-refractivity contribution in [1.29, 1.82) is 0 Å². The lowest BCUT2D eigenvalue weighted by molar-refractivity contribution is 0.0363. The summed E-state index contributed by atoms with van der Waals surface area (Å²) in [5.74, 6) is 2.55. The highest BCUT2D eigenvalue weighted by Gasteiger charge is 2.54. The number of nitrogens with one attached hydrogen (secondary N) is 1. The van der Waals surface area contributed by atoms with E-state index in [0.717, 1.165) is 23.4 Å². The van der Waals surface area contributed by atoms with Gasteiger partial charge < -0.3 is 4.72 Å². The summed E-state index contributed by atoms with van der Waals surface area (Å²) in [5, 5.41) is 0.